The number of nitrogens with two attached hydrogens (primary N) is 1. The molecule has 2 rings (SSSR count). The maximum atomic E-state index is 6.45. The van der Waals surface area contributed by atoms with Gasteiger partial charge in [0.15, 0.2) is 5.75 Å². The first kappa shape index (κ1) is 12.4. The van der Waals surface area contributed by atoms with E-state index in [0.717, 1.165) is 18.0 Å². The summed E-state index contributed by atoms with van der Waals surface area (Å²) in [5.41, 5.74) is 7.51. The third-order valence-electron chi connectivity index (χ3n) is 4.07. The number of methoxy groups -OCH3 is 1. The van der Waals surface area contributed by atoms with Crippen LogP contribution in [0.2, 0.25) is 0 Å². The average Bonchev–Trinajstić information content (AvgIpc) is 2.93. The third-order valence-corrected chi connectivity index (χ3v) is 4.07. The molecular weight excluding hydrogens is 214 g/mol. The number of aromatic nitrogens is 2. The molecule has 17 heavy (non-hydrogen) atoms. The van der Waals surface area contributed by atoms with Crippen molar-refractivity contribution in [3.63, 3.8) is 0 Å². The predicted octanol–water partition coefficient (Wildman–Crippen LogP) is 2.35. The van der Waals surface area contributed by atoms with E-state index in [9.17, 15) is 0 Å². The van der Waals surface area contributed by atoms with Gasteiger partial charge in [0.2, 0.25) is 0 Å². The Labute approximate surface area is 103 Å². The molecule has 0 bridgehead atoms. The molecule has 0 aliphatic heterocycles. The van der Waals surface area contributed by atoms with Gasteiger partial charge in [0.25, 0.3) is 0 Å². The minimum absolute atomic E-state index is 0.0462. The molecule has 0 spiro atoms. The molecule has 96 valence electrons. The Balaban J connectivity index is 2.28. The van der Waals surface area contributed by atoms with Crippen LogP contribution in [0.1, 0.15) is 44.8 Å². The van der Waals surface area contributed by atoms with E-state index in [-0.39, 0.29) is 6.04 Å². The summed E-state index contributed by atoms with van der Waals surface area (Å²) in [7, 11) is 1.69. The van der Waals surface area contributed by atoms with E-state index in [0.29, 0.717) is 11.8 Å². The zero-order chi connectivity index (χ0) is 12.4. The molecule has 1 aliphatic rings. The van der Waals surface area contributed by atoms with Crippen molar-refractivity contribution in [1.29, 1.82) is 0 Å². The van der Waals surface area contributed by atoms with Gasteiger partial charge in [0, 0.05) is 6.54 Å². The van der Waals surface area contributed by atoms with Crippen LogP contribution in [0.15, 0.2) is 6.20 Å². The topological polar surface area (TPSA) is 53.1 Å². The van der Waals surface area contributed by atoms with Crippen LogP contribution in [-0.4, -0.2) is 16.9 Å². The fourth-order valence-corrected chi connectivity index (χ4v) is 3.03. The molecule has 1 aliphatic carbocycles. The van der Waals surface area contributed by atoms with Gasteiger partial charge < -0.3 is 10.5 Å². The largest absolute Gasteiger partial charge is 0.493 e. The second-order valence-corrected chi connectivity index (χ2v) is 5.01. The number of nitrogens with zero attached hydrogens (tertiary/aromatic N) is 2. The minimum Gasteiger partial charge on any atom is -0.493 e. The summed E-state index contributed by atoms with van der Waals surface area (Å²) in [6.45, 7) is 5.23. The van der Waals surface area contributed by atoms with Gasteiger partial charge in [-0.1, -0.05) is 19.8 Å². The van der Waals surface area contributed by atoms with Gasteiger partial charge in [-0.25, -0.2) is 0 Å². The smallest absolute Gasteiger partial charge is 0.161 e. The number of hydrogen-bond acceptors (Lipinski definition) is 3. The lowest BCUT2D eigenvalue weighted by atomic mass is 9.88. The molecule has 0 radical (unpaired) electrons. The lowest BCUT2D eigenvalue weighted by Crippen LogP contribution is -2.26. The summed E-state index contributed by atoms with van der Waals surface area (Å²) in [5.74, 6) is 2.10. The molecule has 2 N–H and O–H groups in total. The van der Waals surface area contributed by atoms with Crippen LogP contribution < -0.4 is 10.5 Å². The first-order chi connectivity index (χ1) is 8.19. The Bertz CT molecular complexity index is 353. The lowest BCUT2D eigenvalue weighted by molar-refractivity contribution is 0.322. The van der Waals surface area contributed by atoms with Crippen molar-refractivity contribution in [2.75, 3.05) is 7.11 Å². The van der Waals surface area contributed by atoms with E-state index in [4.69, 9.17) is 10.5 Å². The van der Waals surface area contributed by atoms with Crippen molar-refractivity contribution >= 4 is 0 Å². The normalized spacial score (nSPS) is 26.1. The van der Waals surface area contributed by atoms with Gasteiger partial charge in [0.1, 0.15) is 0 Å². The highest BCUT2D eigenvalue weighted by Crippen LogP contribution is 2.40. The van der Waals surface area contributed by atoms with Crippen LogP contribution in [0.5, 0.6) is 5.75 Å². The molecule has 4 heteroatoms. The maximum Gasteiger partial charge on any atom is 0.161 e. The van der Waals surface area contributed by atoms with Gasteiger partial charge in [-0.05, 0) is 25.2 Å². The highest BCUT2D eigenvalue weighted by molar-refractivity contribution is 5.29. The van der Waals surface area contributed by atoms with E-state index in [1.807, 2.05) is 4.68 Å². The number of hydrogen-bond donors (Lipinski definition) is 1. The Morgan fingerprint density at radius 2 is 2.35 bits per heavy atom. The number of aryl methyl sites for hydroxylation is 1. The fraction of sp³-hybridized carbons (Fsp3) is 0.769. The van der Waals surface area contributed by atoms with Crippen LogP contribution in [0.3, 0.4) is 0 Å². The molecule has 3 unspecified atom stereocenters. The van der Waals surface area contributed by atoms with E-state index in [1.54, 1.807) is 13.3 Å². The monoisotopic (exact) mass is 237 g/mol. The van der Waals surface area contributed by atoms with Crippen molar-refractivity contribution in [3.05, 3.63) is 11.9 Å². The Kier molecular flexibility index (Phi) is 3.72. The SMILES string of the molecule is CCn1ncc(OC)c1C(N)C1CCCC1C. The Morgan fingerprint density at radius 3 is 2.88 bits per heavy atom. The summed E-state index contributed by atoms with van der Waals surface area (Å²) < 4.78 is 7.35. The van der Waals surface area contributed by atoms with Gasteiger partial charge in [-0.2, -0.15) is 5.10 Å². The fourth-order valence-electron chi connectivity index (χ4n) is 3.03. The van der Waals surface area contributed by atoms with Crippen molar-refractivity contribution in [2.24, 2.45) is 17.6 Å². The number of ether oxygens (including phenoxy) is 1. The molecular formula is C13H23N3O. The van der Waals surface area contributed by atoms with Gasteiger partial charge in [-0.3, -0.25) is 4.68 Å². The number of rotatable bonds is 4. The van der Waals surface area contributed by atoms with E-state index >= 15 is 0 Å². The molecule has 1 fully saturated rings. The molecule has 1 aromatic rings. The Hall–Kier alpha value is -1.03. The van der Waals surface area contributed by atoms with Crippen LogP contribution in [0.4, 0.5) is 0 Å². The molecule has 0 saturated heterocycles. The van der Waals surface area contributed by atoms with Crippen molar-refractivity contribution < 1.29 is 4.74 Å². The first-order valence-electron chi connectivity index (χ1n) is 6.54. The summed E-state index contributed by atoms with van der Waals surface area (Å²) in [6, 6.07) is 0.0462. The zero-order valence-corrected chi connectivity index (χ0v) is 11.0. The predicted molar refractivity (Wildman–Crippen MR) is 67.9 cm³/mol. The summed E-state index contributed by atoms with van der Waals surface area (Å²) in [6.07, 6.45) is 5.59. The average molecular weight is 237 g/mol. The van der Waals surface area contributed by atoms with Crippen molar-refractivity contribution in [2.45, 2.75) is 45.7 Å². The summed E-state index contributed by atoms with van der Waals surface area (Å²) in [4.78, 5) is 0. The quantitative estimate of drug-likeness (QED) is 0.874. The second kappa shape index (κ2) is 5.08. The van der Waals surface area contributed by atoms with Crippen LogP contribution in [-0.2, 0) is 6.54 Å². The standard InChI is InChI=1S/C13H23N3O/c1-4-16-13(11(17-3)8-15-16)12(14)10-7-5-6-9(10)2/h8-10,12H,4-7,14H2,1-3H3. The van der Waals surface area contributed by atoms with E-state index in [1.165, 1.54) is 19.3 Å². The molecule has 0 amide bonds. The maximum absolute atomic E-state index is 6.45. The second-order valence-electron chi connectivity index (χ2n) is 5.01. The molecule has 3 atom stereocenters. The van der Waals surface area contributed by atoms with E-state index in [2.05, 4.69) is 18.9 Å². The van der Waals surface area contributed by atoms with Gasteiger partial charge in [0.05, 0.1) is 25.0 Å². The van der Waals surface area contributed by atoms with Crippen LogP contribution in [0.25, 0.3) is 0 Å². The first-order valence-corrected chi connectivity index (χ1v) is 6.54. The molecule has 1 aromatic heterocycles. The molecule has 1 heterocycles. The van der Waals surface area contributed by atoms with Gasteiger partial charge >= 0.3 is 0 Å². The zero-order valence-electron chi connectivity index (χ0n) is 11.0. The Morgan fingerprint density at radius 1 is 1.59 bits per heavy atom. The highest BCUT2D eigenvalue weighted by atomic mass is 16.5. The van der Waals surface area contributed by atoms with E-state index < -0.39 is 0 Å². The molecule has 0 aromatic carbocycles. The van der Waals surface area contributed by atoms with Crippen LogP contribution >= 0.6 is 0 Å². The molecule has 4 nitrogen and oxygen atoms in total. The molecule has 1 saturated carbocycles. The minimum atomic E-state index is 0.0462. The van der Waals surface area contributed by atoms with Crippen molar-refractivity contribution in [3.8, 4) is 5.75 Å². The summed E-state index contributed by atoms with van der Waals surface area (Å²) >= 11 is 0. The third kappa shape index (κ3) is 2.18. The van der Waals surface area contributed by atoms with Crippen molar-refractivity contribution in [1.82, 2.24) is 9.78 Å². The summed E-state index contributed by atoms with van der Waals surface area (Å²) in [5, 5.41) is 4.33. The highest BCUT2D eigenvalue weighted by Gasteiger charge is 2.33. The lowest BCUT2D eigenvalue weighted by Gasteiger charge is -2.24. The van der Waals surface area contributed by atoms with Crippen LogP contribution in [0, 0.1) is 11.8 Å². The van der Waals surface area contributed by atoms with Gasteiger partial charge in [-0.15, -0.1) is 0 Å².